The highest BCUT2D eigenvalue weighted by Crippen LogP contribution is 2.34. The maximum absolute atomic E-state index is 12.6. The van der Waals surface area contributed by atoms with Gasteiger partial charge in [-0.3, -0.25) is 10.3 Å². The zero-order chi connectivity index (χ0) is 16.4. The summed E-state index contributed by atoms with van der Waals surface area (Å²) in [4.78, 5) is 18.7. The van der Waals surface area contributed by atoms with Crippen molar-refractivity contribution in [2.75, 3.05) is 11.9 Å². The second-order valence-electron chi connectivity index (χ2n) is 5.47. The van der Waals surface area contributed by atoms with Crippen molar-refractivity contribution < 1.29 is 4.79 Å². The first-order valence-electron chi connectivity index (χ1n) is 7.66. The lowest BCUT2D eigenvalue weighted by Gasteiger charge is -2.23. The Labute approximate surface area is 147 Å². The van der Waals surface area contributed by atoms with Crippen LogP contribution in [-0.2, 0) is 0 Å². The van der Waals surface area contributed by atoms with E-state index in [9.17, 15) is 4.79 Å². The van der Waals surface area contributed by atoms with Gasteiger partial charge in [0, 0.05) is 12.7 Å². The van der Waals surface area contributed by atoms with Crippen LogP contribution in [0.3, 0.4) is 0 Å². The molecule has 0 aliphatic carbocycles. The van der Waals surface area contributed by atoms with Gasteiger partial charge >= 0.3 is 6.03 Å². The van der Waals surface area contributed by atoms with Gasteiger partial charge in [-0.05, 0) is 47.4 Å². The first kappa shape index (κ1) is 15.2. The molecule has 1 N–H and O–H groups in total. The lowest BCUT2D eigenvalue weighted by Crippen LogP contribution is -2.34. The highest BCUT2D eigenvalue weighted by molar-refractivity contribution is 7.18. The Hall–Kier alpha value is -2.32. The molecule has 122 valence electrons. The van der Waals surface area contributed by atoms with E-state index in [1.165, 1.54) is 16.9 Å². The molecule has 3 aromatic rings. The zero-order valence-corrected chi connectivity index (χ0v) is 14.4. The maximum Gasteiger partial charge on any atom is 0.324 e. The molecule has 24 heavy (non-hydrogen) atoms. The highest BCUT2D eigenvalue weighted by atomic mass is 32.1. The molecule has 1 fully saturated rings. The Bertz CT molecular complexity index is 818. The Morgan fingerprint density at radius 1 is 1.29 bits per heavy atom. The Morgan fingerprint density at radius 3 is 3.04 bits per heavy atom. The third-order valence-electron chi connectivity index (χ3n) is 3.96. The summed E-state index contributed by atoms with van der Waals surface area (Å²) in [5, 5.41) is 16.4. The summed E-state index contributed by atoms with van der Waals surface area (Å²) in [7, 11) is 0. The minimum Gasteiger partial charge on any atom is -0.317 e. The average molecular weight is 357 g/mol. The molecule has 0 unspecified atom stereocenters. The van der Waals surface area contributed by atoms with Crippen molar-refractivity contribution in [3.8, 4) is 10.7 Å². The fourth-order valence-corrected chi connectivity index (χ4v) is 4.27. The predicted octanol–water partition coefficient (Wildman–Crippen LogP) is 4.03. The number of hydrogen-bond acceptors (Lipinski definition) is 6. The van der Waals surface area contributed by atoms with Gasteiger partial charge in [0.25, 0.3) is 0 Å². The Kier molecular flexibility index (Phi) is 4.22. The van der Waals surface area contributed by atoms with Crippen LogP contribution in [0.15, 0.2) is 41.2 Å². The number of hydrogen-bond donors (Lipinski definition) is 1. The van der Waals surface area contributed by atoms with E-state index >= 15 is 0 Å². The van der Waals surface area contributed by atoms with Gasteiger partial charge in [-0.15, -0.1) is 10.2 Å². The summed E-state index contributed by atoms with van der Waals surface area (Å²) in [6.45, 7) is 0.762. The Balaban J connectivity index is 1.47. The van der Waals surface area contributed by atoms with Crippen LogP contribution in [0.1, 0.15) is 24.4 Å². The number of nitrogens with one attached hydrogen (secondary N) is 1. The molecule has 1 atom stereocenters. The molecule has 0 saturated carbocycles. The number of anilines is 1. The number of rotatable bonds is 3. The number of pyridine rings is 1. The van der Waals surface area contributed by atoms with E-state index in [0.717, 1.165) is 25.1 Å². The maximum atomic E-state index is 12.6. The van der Waals surface area contributed by atoms with Gasteiger partial charge in [0.05, 0.1) is 6.04 Å². The molecular formula is C16H15N5OS2. The second kappa shape index (κ2) is 6.66. The number of aromatic nitrogens is 3. The van der Waals surface area contributed by atoms with E-state index in [2.05, 4.69) is 31.9 Å². The molecule has 2 amide bonds. The largest absolute Gasteiger partial charge is 0.324 e. The molecule has 1 aliphatic heterocycles. The number of nitrogens with zero attached hydrogens (tertiary/aromatic N) is 4. The van der Waals surface area contributed by atoms with Crippen LogP contribution in [0, 0.1) is 0 Å². The summed E-state index contributed by atoms with van der Waals surface area (Å²) in [5.74, 6) is 0. The van der Waals surface area contributed by atoms with Crippen molar-refractivity contribution in [3.63, 3.8) is 0 Å². The number of likely N-dealkylation sites (tertiary alicyclic amines) is 1. The van der Waals surface area contributed by atoms with Crippen molar-refractivity contribution in [2.24, 2.45) is 0 Å². The van der Waals surface area contributed by atoms with Crippen molar-refractivity contribution in [2.45, 2.75) is 18.9 Å². The summed E-state index contributed by atoms with van der Waals surface area (Å²) in [6.07, 6.45) is 3.73. The van der Waals surface area contributed by atoms with Gasteiger partial charge in [0.2, 0.25) is 5.13 Å². The van der Waals surface area contributed by atoms with Gasteiger partial charge in [-0.25, -0.2) is 4.79 Å². The lowest BCUT2D eigenvalue weighted by atomic mass is 10.1. The minimum atomic E-state index is -0.118. The monoisotopic (exact) mass is 357 g/mol. The summed E-state index contributed by atoms with van der Waals surface area (Å²) in [6, 6.07) is 7.75. The molecule has 0 bridgehead atoms. The summed E-state index contributed by atoms with van der Waals surface area (Å²) in [5.41, 5.74) is 1.96. The summed E-state index contributed by atoms with van der Waals surface area (Å²) < 4.78 is 0. The zero-order valence-electron chi connectivity index (χ0n) is 12.8. The van der Waals surface area contributed by atoms with Crippen LogP contribution in [0.2, 0.25) is 0 Å². The average Bonchev–Trinajstić information content (AvgIpc) is 3.36. The van der Waals surface area contributed by atoms with Crippen molar-refractivity contribution in [1.82, 2.24) is 20.1 Å². The lowest BCUT2D eigenvalue weighted by molar-refractivity contribution is 0.207. The van der Waals surface area contributed by atoms with E-state index in [0.29, 0.717) is 10.1 Å². The number of carbonyl (C=O) groups excluding carboxylic acids is 1. The van der Waals surface area contributed by atoms with E-state index in [-0.39, 0.29) is 12.1 Å². The number of amides is 2. The topological polar surface area (TPSA) is 71.0 Å². The molecule has 1 aliphatic rings. The van der Waals surface area contributed by atoms with Crippen LogP contribution in [-0.4, -0.2) is 32.7 Å². The number of thiophene rings is 1. The number of carbonyl (C=O) groups is 1. The second-order valence-corrected chi connectivity index (χ2v) is 7.22. The highest BCUT2D eigenvalue weighted by Gasteiger charge is 2.30. The van der Waals surface area contributed by atoms with Crippen molar-refractivity contribution >= 4 is 33.8 Å². The molecule has 8 heteroatoms. The molecule has 0 spiro atoms. The van der Waals surface area contributed by atoms with E-state index in [1.807, 2.05) is 28.5 Å². The van der Waals surface area contributed by atoms with Crippen LogP contribution in [0.25, 0.3) is 10.7 Å². The van der Waals surface area contributed by atoms with Crippen LogP contribution >= 0.6 is 22.7 Å². The number of urea groups is 1. The first-order chi connectivity index (χ1) is 11.8. The molecule has 3 aromatic heterocycles. The molecule has 0 radical (unpaired) electrons. The smallest absolute Gasteiger partial charge is 0.317 e. The van der Waals surface area contributed by atoms with Crippen LogP contribution in [0.4, 0.5) is 9.93 Å². The van der Waals surface area contributed by atoms with E-state index in [1.54, 1.807) is 17.5 Å². The van der Waals surface area contributed by atoms with Crippen LogP contribution in [0.5, 0.6) is 0 Å². The SMILES string of the molecule is O=C(Nc1nnc(-c2ccccn2)s1)N1CCC[C@@H]1c1ccsc1. The molecule has 4 rings (SSSR count). The Morgan fingerprint density at radius 2 is 2.25 bits per heavy atom. The fraction of sp³-hybridized carbons (Fsp3) is 0.250. The molecular weight excluding hydrogens is 342 g/mol. The quantitative estimate of drug-likeness (QED) is 0.768. The van der Waals surface area contributed by atoms with Gasteiger partial charge in [0.1, 0.15) is 5.69 Å². The van der Waals surface area contributed by atoms with Crippen LogP contribution < -0.4 is 5.32 Å². The van der Waals surface area contributed by atoms with Gasteiger partial charge in [-0.1, -0.05) is 17.4 Å². The van der Waals surface area contributed by atoms with E-state index < -0.39 is 0 Å². The van der Waals surface area contributed by atoms with Gasteiger partial charge in [0.15, 0.2) is 5.01 Å². The first-order valence-corrected chi connectivity index (χ1v) is 9.42. The molecule has 4 heterocycles. The predicted molar refractivity (Wildman–Crippen MR) is 95.2 cm³/mol. The van der Waals surface area contributed by atoms with Crippen molar-refractivity contribution in [1.29, 1.82) is 0 Å². The summed E-state index contributed by atoms with van der Waals surface area (Å²) >= 11 is 2.99. The van der Waals surface area contributed by atoms with Gasteiger partial charge in [-0.2, -0.15) is 11.3 Å². The third kappa shape index (κ3) is 3.02. The minimum absolute atomic E-state index is 0.118. The molecule has 1 saturated heterocycles. The van der Waals surface area contributed by atoms with E-state index in [4.69, 9.17) is 0 Å². The van der Waals surface area contributed by atoms with Gasteiger partial charge < -0.3 is 4.90 Å². The normalized spacial score (nSPS) is 17.2. The van der Waals surface area contributed by atoms with Crippen molar-refractivity contribution in [3.05, 3.63) is 46.8 Å². The fourth-order valence-electron chi connectivity index (χ4n) is 2.85. The third-order valence-corrected chi connectivity index (χ3v) is 5.53. The molecule has 0 aromatic carbocycles. The molecule has 6 nitrogen and oxygen atoms in total. The standard InChI is InChI=1S/C16H15N5OS2/c22-16(21-8-3-5-13(21)11-6-9-23-10-11)18-15-20-19-14(24-15)12-4-1-2-7-17-12/h1-2,4,6-7,9-10,13H,3,5,8H2,(H,18,20,22)/t13-/m1/s1.